The summed E-state index contributed by atoms with van der Waals surface area (Å²) in [7, 11) is 0. The highest BCUT2D eigenvalue weighted by atomic mass is 19.1. The van der Waals surface area contributed by atoms with Gasteiger partial charge in [0, 0.05) is 31.1 Å². The number of carbonyl (C=O) groups excluding carboxylic acids is 2. The lowest BCUT2D eigenvalue weighted by Gasteiger charge is -2.58. The number of fused-ring (bicyclic) bond motifs is 5. The van der Waals surface area contributed by atoms with Gasteiger partial charge in [0.15, 0.2) is 0 Å². The molecular formula is C23H33FO4. The summed E-state index contributed by atoms with van der Waals surface area (Å²) in [4.78, 5) is 23.2. The summed E-state index contributed by atoms with van der Waals surface area (Å²) in [6.07, 6.45) is 8.35. The van der Waals surface area contributed by atoms with Gasteiger partial charge in [0.1, 0.15) is 18.9 Å². The minimum Gasteiger partial charge on any atom is -0.465 e. The SMILES string of the molecule is CC(=O)OCC12CCC(F)CC1=CCC1C2CCC2(C)C(OC(C)=O)CCC12. The lowest BCUT2D eigenvalue weighted by atomic mass is 9.47. The number of hydrogen-bond donors (Lipinski definition) is 0. The van der Waals surface area contributed by atoms with Crippen molar-refractivity contribution in [2.75, 3.05) is 6.61 Å². The highest BCUT2D eigenvalue weighted by molar-refractivity contribution is 5.66. The van der Waals surface area contributed by atoms with Crippen molar-refractivity contribution >= 4 is 11.9 Å². The topological polar surface area (TPSA) is 52.6 Å². The second-order valence-electron chi connectivity index (χ2n) is 9.84. The van der Waals surface area contributed by atoms with Crippen molar-refractivity contribution in [2.45, 2.75) is 84.4 Å². The third kappa shape index (κ3) is 3.09. The third-order valence-electron chi connectivity index (χ3n) is 8.52. The van der Waals surface area contributed by atoms with Crippen molar-refractivity contribution in [3.8, 4) is 0 Å². The molecule has 3 fully saturated rings. The van der Waals surface area contributed by atoms with Gasteiger partial charge in [0.05, 0.1) is 0 Å². The van der Waals surface area contributed by atoms with E-state index >= 15 is 0 Å². The first-order chi connectivity index (χ1) is 13.3. The van der Waals surface area contributed by atoms with Crippen molar-refractivity contribution in [2.24, 2.45) is 28.6 Å². The summed E-state index contributed by atoms with van der Waals surface area (Å²) in [6.45, 7) is 5.64. The molecule has 3 saturated carbocycles. The maximum absolute atomic E-state index is 14.2. The zero-order chi connectivity index (χ0) is 20.1. The molecular weight excluding hydrogens is 359 g/mol. The molecule has 28 heavy (non-hydrogen) atoms. The van der Waals surface area contributed by atoms with Gasteiger partial charge in [-0.25, -0.2) is 4.39 Å². The van der Waals surface area contributed by atoms with Crippen LogP contribution in [0.2, 0.25) is 0 Å². The van der Waals surface area contributed by atoms with E-state index in [0.29, 0.717) is 37.2 Å². The van der Waals surface area contributed by atoms with Gasteiger partial charge in [-0.1, -0.05) is 18.6 Å². The van der Waals surface area contributed by atoms with Crippen molar-refractivity contribution in [3.05, 3.63) is 11.6 Å². The molecule has 0 aliphatic heterocycles. The van der Waals surface area contributed by atoms with E-state index in [2.05, 4.69) is 13.0 Å². The van der Waals surface area contributed by atoms with Crippen LogP contribution in [0.15, 0.2) is 11.6 Å². The Morgan fingerprint density at radius 3 is 2.61 bits per heavy atom. The van der Waals surface area contributed by atoms with Gasteiger partial charge in [-0.15, -0.1) is 0 Å². The Kier molecular flexibility index (Phi) is 5.08. The van der Waals surface area contributed by atoms with Gasteiger partial charge in [-0.3, -0.25) is 9.59 Å². The van der Waals surface area contributed by atoms with Crippen molar-refractivity contribution in [1.29, 1.82) is 0 Å². The highest BCUT2D eigenvalue weighted by Gasteiger charge is 2.61. The van der Waals surface area contributed by atoms with Crippen LogP contribution < -0.4 is 0 Å². The van der Waals surface area contributed by atoms with E-state index in [9.17, 15) is 14.0 Å². The zero-order valence-electron chi connectivity index (χ0n) is 17.3. The van der Waals surface area contributed by atoms with Crippen LogP contribution >= 0.6 is 0 Å². The average molecular weight is 393 g/mol. The van der Waals surface area contributed by atoms with E-state index in [1.165, 1.54) is 19.4 Å². The quantitative estimate of drug-likeness (QED) is 0.513. The first kappa shape index (κ1) is 19.9. The molecule has 0 radical (unpaired) electrons. The molecule has 7 atom stereocenters. The second kappa shape index (κ2) is 7.14. The Morgan fingerprint density at radius 2 is 1.89 bits per heavy atom. The van der Waals surface area contributed by atoms with Crippen LogP contribution in [-0.2, 0) is 19.1 Å². The van der Waals surface area contributed by atoms with Crippen molar-refractivity contribution in [3.63, 3.8) is 0 Å². The van der Waals surface area contributed by atoms with Crippen LogP contribution in [-0.4, -0.2) is 30.8 Å². The van der Waals surface area contributed by atoms with E-state index in [-0.39, 0.29) is 28.9 Å². The Balaban J connectivity index is 1.64. The Morgan fingerprint density at radius 1 is 1.11 bits per heavy atom. The van der Waals surface area contributed by atoms with Crippen LogP contribution in [0.4, 0.5) is 4.39 Å². The molecule has 156 valence electrons. The number of alkyl halides is 1. The lowest BCUT2D eigenvalue weighted by molar-refractivity contribution is -0.159. The normalized spacial score (nSPS) is 44.6. The van der Waals surface area contributed by atoms with Crippen LogP contribution in [0.3, 0.4) is 0 Å². The van der Waals surface area contributed by atoms with Crippen LogP contribution in [0.25, 0.3) is 0 Å². The molecule has 0 N–H and O–H groups in total. The lowest BCUT2D eigenvalue weighted by Crippen LogP contribution is -2.54. The summed E-state index contributed by atoms with van der Waals surface area (Å²) >= 11 is 0. The number of ether oxygens (including phenoxy) is 2. The molecule has 7 unspecified atom stereocenters. The minimum atomic E-state index is -0.776. The van der Waals surface area contributed by atoms with Crippen molar-refractivity contribution < 1.29 is 23.5 Å². The summed E-state index contributed by atoms with van der Waals surface area (Å²) in [5.74, 6) is 0.982. The molecule has 0 heterocycles. The van der Waals surface area contributed by atoms with Gasteiger partial charge >= 0.3 is 11.9 Å². The predicted molar refractivity (Wildman–Crippen MR) is 103 cm³/mol. The summed E-state index contributed by atoms with van der Waals surface area (Å²) < 4.78 is 25.5. The van der Waals surface area contributed by atoms with E-state index in [1.54, 1.807) is 0 Å². The Hall–Kier alpha value is -1.39. The number of esters is 2. The van der Waals surface area contributed by atoms with E-state index < -0.39 is 6.17 Å². The maximum atomic E-state index is 14.2. The number of carbonyl (C=O) groups is 2. The average Bonchev–Trinajstić information content (AvgIpc) is 2.96. The molecule has 5 heteroatoms. The standard InChI is InChI=1S/C23H33FO4/c1-14(25)27-13-23-11-8-17(24)12-16(23)4-5-18-19-6-7-21(28-15(2)26)22(19,3)10-9-20(18)23/h4,17-21H,5-13H2,1-3H3. The Labute approximate surface area is 167 Å². The van der Waals surface area contributed by atoms with Crippen LogP contribution in [0.1, 0.15) is 72.1 Å². The van der Waals surface area contributed by atoms with Gasteiger partial charge in [-0.2, -0.15) is 0 Å². The zero-order valence-corrected chi connectivity index (χ0v) is 17.3. The first-order valence-electron chi connectivity index (χ1n) is 10.9. The molecule has 0 bridgehead atoms. The van der Waals surface area contributed by atoms with Gasteiger partial charge in [-0.05, 0) is 62.7 Å². The molecule has 0 aromatic rings. The largest absolute Gasteiger partial charge is 0.465 e. The fourth-order valence-corrected chi connectivity index (χ4v) is 7.26. The predicted octanol–water partition coefficient (Wildman–Crippen LogP) is 4.76. The van der Waals surface area contributed by atoms with Gasteiger partial charge in [0.25, 0.3) is 0 Å². The van der Waals surface area contributed by atoms with Crippen LogP contribution in [0.5, 0.6) is 0 Å². The smallest absolute Gasteiger partial charge is 0.302 e. The third-order valence-corrected chi connectivity index (χ3v) is 8.52. The molecule has 4 aliphatic carbocycles. The Bertz CT molecular complexity index is 688. The highest BCUT2D eigenvalue weighted by Crippen LogP contribution is 2.65. The molecule has 4 rings (SSSR count). The van der Waals surface area contributed by atoms with E-state index in [0.717, 1.165) is 38.5 Å². The number of halogens is 1. The first-order valence-corrected chi connectivity index (χ1v) is 10.9. The number of allylic oxidation sites excluding steroid dienone is 1. The number of rotatable bonds is 3. The summed E-state index contributed by atoms with van der Waals surface area (Å²) in [6, 6.07) is 0. The summed E-state index contributed by atoms with van der Waals surface area (Å²) in [5, 5.41) is 0. The molecule has 0 spiro atoms. The van der Waals surface area contributed by atoms with Gasteiger partial charge < -0.3 is 9.47 Å². The van der Waals surface area contributed by atoms with E-state index in [1.807, 2.05) is 0 Å². The molecule has 4 aliphatic rings. The molecule has 0 saturated heterocycles. The molecule has 4 nitrogen and oxygen atoms in total. The monoisotopic (exact) mass is 392 g/mol. The summed E-state index contributed by atoms with van der Waals surface area (Å²) in [5.41, 5.74) is 1.02. The van der Waals surface area contributed by atoms with Crippen molar-refractivity contribution in [1.82, 2.24) is 0 Å². The van der Waals surface area contributed by atoms with Gasteiger partial charge in [0.2, 0.25) is 0 Å². The fraction of sp³-hybridized carbons (Fsp3) is 0.826. The molecule has 0 aromatic heterocycles. The second-order valence-corrected chi connectivity index (χ2v) is 9.84. The minimum absolute atomic E-state index is 0.00678. The number of hydrogen-bond acceptors (Lipinski definition) is 4. The van der Waals surface area contributed by atoms with Crippen LogP contribution in [0, 0.1) is 28.6 Å². The fourth-order valence-electron chi connectivity index (χ4n) is 7.26. The maximum Gasteiger partial charge on any atom is 0.302 e. The molecule has 0 amide bonds. The van der Waals surface area contributed by atoms with E-state index in [4.69, 9.17) is 9.47 Å². The molecule has 0 aromatic carbocycles.